The lowest BCUT2D eigenvalue weighted by Crippen LogP contribution is -2.31. The minimum absolute atomic E-state index is 0.000759. The third-order valence-corrected chi connectivity index (χ3v) is 3.90. The van der Waals surface area contributed by atoms with Crippen LogP contribution in [0.1, 0.15) is 28.9 Å². The molecule has 0 spiro atoms. The minimum Gasteiger partial charge on any atom is -0.454 e. The van der Waals surface area contributed by atoms with Crippen molar-refractivity contribution in [1.82, 2.24) is 5.32 Å². The molecule has 1 amide bonds. The summed E-state index contributed by atoms with van der Waals surface area (Å²) in [7, 11) is 0. The molecule has 0 saturated carbocycles. The molecule has 1 atom stereocenters. The second-order valence-electron chi connectivity index (χ2n) is 5.79. The molecule has 1 heterocycles. The van der Waals surface area contributed by atoms with E-state index in [2.05, 4.69) is 5.32 Å². The van der Waals surface area contributed by atoms with Crippen molar-refractivity contribution in [3.05, 3.63) is 63.7 Å². The highest BCUT2D eigenvalue weighted by Crippen LogP contribution is 2.34. The topological polar surface area (TPSA) is 117 Å². The Labute approximate surface area is 154 Å². The highest BCUT2D eigenvalue weighted by Gasteiger charge is 2.18. The van der Waals surface area contributed by atoms with Crippen molar-refractivity contribution in [3.63, 3.8) is 0 Å². The van der Waals surface area contributed by atoms with E-state index in [1.807, 2.05) is 0 Å². The molecule has 9 nitrogen and oxygen atoms in total. The molecule has 140 valence electrons. The fraction of sp³-hybridized carbons (Fsp3) is 0.222. The number of nitrogens with one attached hydrogen (secondary N) is 1. The van der Waals surface area contributed by atoms with Gasteiger partial charge in [-0.25, -0.2) is 4.79 Å². The highest BCUT2D eigenvalue weighted by molar-refractivity contribution is 5.92. The van der Waals surface area contributed by atoms with Gasteiger partial charge < -0.3 is 19.5 Å². The second kappa shape index (κ2) is 7.73. The molecule has 27 heavy (non-hydrogen) atoms. The number of carbonyl (C=O) groups is 2. The van der Waals surface area contributed by atoms with Gasteiger partial charge in [-0.15, -0.1) is 0 Å². The van der Waals surface area contributed by atoms with Crippen LogP contribution in [0.3, 0.4) is 0 Å². The first-order valence-corrected chi connectivity index (χ1v) is 8.04. The van der Waals surface area contributed by atoms with Gasteiger partial charge in [0.25, 0.3) is 11.6 Å². The maximum atomic E-state index is 12.0. The van der Waals surface area contributed by atoms with E-state index in [1.54, 1.807) is 25.1 Å². The van der Waals surface area contributed by atoms with Crippen molar-refractivity contribution in [3.8, 4) is 11.5 Å². The van der Waals surface area contributed by atoms with Crippen LogP contribution < -0.4 is 14.8 Å². The Morgan fingerprint density at radius 3 is 2.78 bits per heavy atom. The maximum absolute atomic E-state index is 12.0. The number of non-ortho nitro benzene ring substituents is 1. The summed E-state index contributed by atoms with van der Waals surface area (Å²) in [4.78, 5) is 34.1. The molecule has 0 aliphatic carbocycles. The van der Waals surface area contributed by atoms with Crippen molar-refractivity contribution in [2.75, 3.05) is 13.4 Å². The van der Waals surface area contributed by atoms with Crippen LogP contribution in [-0.4, -0.2) is 30.2 Å². The molecular formula is C18H16N2O7. The fourth-order valence-corrected chi connectivity index (χ4v) is 2.51. The largest absolute Gasteiger partial charge is 0.454 e. The van der Waals surface area contributed by atoms with Crippen LogP contribution in [0, 0.1) is 10.1 Å². The molecule has 2 aromatic rings. The lowest BCUT2D eigenvalue weighted by atomic mass is 10.1. The first-order chi connectivity index (χ1) is 12.9. The Hall–Kier alpha value is -3.62. The van der Waals surface area contributed by atoms with E-state index in [4.69, 9.17) is 14.2 Å². The molecule has 0 bridgehead atoms. The number of nitrogens with zero attached hydrogens (tertiary/aromatic N) is 1. The standard InChI is InChI=1S/C18H16N2O7/c1-11(12-5-6-15-16(8-12)27-10-26-15)19-17(21)9-25-18(22)13-3-2-4-14(7-13)20(23)24/h2-8,11H,9-10H2,1H3,(H,19,21)/t11-/m0/s1. The number of nitro groups is 1. The van der Waals surface area contributed by atoms with E-state index < -0.39 is 23.4 Å². The summed E-state index contributed by atoms with van der Waals surface area (Å²) in [5.74, 6) is -0.0719. The summed E-state index contributed by atoms with van der Waals surface area (Å²) in [6, 6.07) is 10.1. The zero-order valence-corrected chi connectivity index (χ0v) is 14.3. The van der Waals surface area contributed by atoms with Gasteiger partial charge in [0.2, 0.25) is 6.79 Å². The number of amides is 1. The van der Waals surface area contributed by atoms with Gasteiger partial charge in [0.05, 0.1) is 16.5 Å². The van der Waals surface area contributed by atoms with E-state index >= 15 is 0 Å². The molecule has 0 unspecified atom stereocenters. The minimum atomic E-state index is -0.815. The van der Waals surface area contributed by atoms with Gasteiger partial charge in [-0.3, -0.25) is 14.9 Å². The number of fused-ring (bicyclic) bond motifs is 1. The summed E-state index contributed by atoms with van der Waals surface area (Å²) >= 11 is 0. The van der Waals surface area contributed by atoms with Crippen LogP contribution in [0.4, 0.5) is 5.69 Å². The number of ether oxygens (including phenoxy) is 3. The van der Waals surface area contributed by atoms with Crippen molar-refractivity contribution >= 4 is 17.6 Å². The monoisotopic (exact) mass is 372 g/mol. The van der Waals surface area contributed by atoms with Crippen LogP contribution in [0.15, 0.2) is 42.5 Å². The summed E-state index contributed by atoms with van der Waals surface area (Å²) in [6.45, 7) is 1.43. The predicted molar refractivity (Wildman–Crippen MR) is 92.5 cm³/mol. The predicted octanol–water partition coefficient (Wildman–Crippen LogP) is 2.36. The van der Waals surface area contributed by atoms with E-state index in [0.717, 1.165) is 11.6 Å². The molecule has 1 N–H and O–H groups in total. The van der Waals surface area contributed by atoms with Crippen LogP contribution in [0.5, 0.6) is 11.5 Å². The van der Waals surface area contributed by atoms with Gasteiger partial charge in [0, 0.05) is 12.1 Å². The normalized spacial score (nSPS) is 12.9. The molecule has 3 rings (SSSR count). The summed E-state index contributed by atoms with van der Waals surface area (Å²) in [6.07, 6.45) is 0. The van der Waals surface area contributed by atoms with Crippen molar-refractivity contribution in [2.45, 2.75) is 13.0 Å². The van der Waals surface area contributed by atoms with E-state index in [1.165, 1.54) is 18.2 Å². The number of hydrogen-bond donors (Lipinski definition) is 1. The van der Waals surface area contributed by atoms with Crippen LogP contribution >= 0.6 is 0 Å². The van der Waals surface area contributed by atoms with E-state index in [-0.39, 0.29) is 24.1 Å². The zero-order chi connectivity index (χ0) is 19.4. The molecule has 2 aromatic carbocycles. The number of hydrogen-bond acceptors (Lipinski definition) is 7. The SMILES string of the molecule is C[C@H](NC(=O)COC(=O)c1cccc([N+](=O)[O-])c1)c1ccc2c(c1)OCO2. The van der Waals surface area contributed by atoms with Crippen molar-refractivity contribution in [1.29, 1.82) is 0 Å². The van der Waals surface area contributed by atoms with Gasteiger partial charge in [-0.05, 0) is 30.7 Å². The molecule has 0 fully saturated rings. The molecular weight excluding hydrogens is 356 g/mol. The van der Waals surface area contributed by atoms with Gasteiger partial charge in [-0.1, -0.05) is 12.1 Å². The third-order valence-electron chi connectivity index (χ3n) is 3.90. The Kier molecular flexibility index (Phi) is 5.20. The smallest absolute Gasteiger partial charge is 0.338 e. The lowest BCUT2D eigenvalue weighted by molar-refractivity contribution is -0.384. The summed E-state index contributed by atoms with van der Waals surface area (Å²) in [5, 5.41) is 13.4. The van der Waals surface area contributed by atoms with Crippen LogP contribution in [0.25, 0.3) is 0 Å². The summed E-state index contributed by atoms with van der Waals surface area (Å²) < 4.78 is 15.4. The van der Waals surface area contributed by atoms with Crippen LogP contribution in [0.2, 0.25) is 0 Å². The van der Waals surface area contributed by atoms with Crippen molar-refractivity contribution in [2.24, 2.45) is 0 Å². The molecule has 0 radical (unpaired) electrons. The number of esters is 1. The van der Waals surface area contributed by atoms with Gasteiger partial charge in [0.1, 0.15) is 0 Å². The van der Waals surface area contributed by atoms with E-state index in [0.29, 0.717) is 11.5 Å². The highest BCUT2D eigenvalue weighted by atomic mass is 16.7. The van der Waals surface area contributed by atoms with Gasteiger partial charge in [-0.2, -0.15) is 0 Å². The molecule has 1 aliphatic heterocycles. The molecule has 1 aliphatic rings. The Morgan fingerprint density at radius 2 is 2.00 bits per heavy atom. The first kappa shape index (κ1) is 18.2. The number of rotatable bonds is 6. The maximum Gasteiger partial charge on any atom is 0.338 e. The third kappa shape index (κ3) is 4.32. The first-order valence-electron chi connectivity index (χ1n) is 8.04. The van der Waals surface area contributed by atoms with Crippen LogP contribution in [-0.2, 0) is 9.53 Å². The van der Waals surface area contributed by atoms with Gasteiger partial charge >= 0.3 is 5.97 Å². The average Bonchev–Trinajstić information content (AvgIpc) is 3.13. The second-order valence-corrected chi connectivity index (χ2v) is 5.79. The van der Waals surface area contributed by atoms with Crippen molar-refractivity contribution < 1.29 is 28.7 Å². The molecule has 0 saturated heterocycles. The lowest BCUT2D eigenvalue weighted by Gasteiger charge is -2.15. The number of benzene rings is 2. The van der Waals surface area contributed by atoms with Gasteiger partial charge in [0.15, 0.2) is 18.1 Å². The quantitative estimate of drug-likeness (QED) is 0.470. The van der Waals surface area contributed by atoms with E-state index in [9.17, 15) is 19.7 Å². The Balaban J connectivity index is 1.54. The zero-order valence-electron chi connectivity index (χ0n) is 14.3. The fourth-order valence-electron chi connectivity index (χ4n) is 2.51. The number of nitro benzene ring substituents is 1. The Bertz CT molecular complexity index is 897. The molecule has 9 heteroatoms. The molecule has 0 aromatic heterocycles. The average molecular weight is 372 g/mol. The number of carbonyl (C=O) groups excluding carboxylic acids is 2. The Morgan fingerprint density at radius 1 is 1.22 bits per heavy atom. The summed E-state index contributed by atoms with van der Waals surface area (Å²) in [5.41, 5.74) is 0.573.